The smallest absolute Gasteiger partial charge is 0.257 e. The average molecular weight is 257 g/mol. The van der Waals surface area contributed by atoms with E-state index in [1.807, 2.05) is 6.92 Å². The van der Waals surface area contributed by atoms with Crippen molar-refractivity contribution in [1.29, 1.82) is 0 Å². The van der Waals surface area contributed by atoms with E-state index < -0.39 is 0 Å². The molecule has 3 N–H and O–H groups in total. The molecule has 1 amide bonds. The van der Waals surface area contributed by atoms with Crippen molar-refractivity contribution in [2.24, 2.45) is 0 Å². The third-order valence-corrected chi connectivity index (χ3v) is 2.51. The topological polar surface area (TPSA) is 77.2 Å². The Labute approximate surface area is 111 Å². The second-order valence-electron chi connectivity index (χ2n) is 3.83. The molecule has 0 radical (unpaired) electrons. The summed E-state index contributed by atoms with van der Waals surface area (Å²) in [5, 5.41) is 2.75. The molecule has 0 aliphatic heterocycles. The number of nitrogens with two attached hydrogens (primary N) is 1. The Bertz CT molecular complexity index is 584. The van der Waals surface area contributed by atoms with Crippen LogP contribution in [0.4, 0.5) is 11.4 Å². The summed E-state index contributed by atoms with van der Waals surface area (Å²) in [4.78, 5) is 16.2. The fourth-order valence-electron chi connectivity index (χ4n) is 1.63. The maximum Gasteiger partial charge on any atom is 0.257 e. The number of hydrogen-bond acceptors (Lipinski definition) is 4. The lowest BCUT2D eigenvalue weighted by Gasteiger charge is -2.10. The summed E-state index contributed by atoms with van der Waals surface area (Å²) in [6.07, 6.45) is 1.61. The number of hydrogen-bond donors (Lipinski definition) is 2. The van der Waals surface area contributed by atoms with E-state index >= 15 is 0 Å². The molecule has 19 heavy (non-hydrogen) atoms. The average Bonchev–Trinajstić information content (AvgIpc) is 2.41. The molecule has 98 valence electrons. The van der Waals surface area contributed by atoms with Gasteiger partial charge in [0.2, 0.25) is 5.88 Å². The van der Waals surface area contributed by atoms with Gasteiger partial charge in [0.1, 0.15) is 5.69 Å². The van der Waals surface area contributed by atoms with Gasteiger partial charge in [0.25, 0.3) is 5.91 Å². The molecule has 0 bridgehead atoms. The second kappa shape index (κ2) is 5.86. The summed E-state index contributed by atoms with van der Waals surface area (Å²) in [6.45, 7) is 2.34. The van der Waals surface area contributed by atoms with E-state index in [0.717, 1.165) is 0 Å². The molecule has 1 aromatic heterocycles. The first kappa shape index (κ1) is 12.9. The van der Waals surface area contributed by atoms with Gasteiger partial charge in [-0.15, -0.1) is 0 Å². The van der Waals surface area contributed by atoms with E-state index in [1.54, 1.807) is 42.6 Å². The lowest BCUT2D eigenvalue weighted by atomic mass is 10.1. The predicted molar refractivity (Wildman–Crippen MR) is 74.2 cm³/mol. The van der Waals surface area contributed by atoms with E-state index in [2.05, 4.69) is 10.3 Å². The third-order valence-electron chi connectivity index (χ3n) is 2.51. The van der Waals surface area contributed by atoms with Gasteiger partial charge in [-0.2, -0.15) is 0 Å². The number of benzene rings is 1. The first-order valence-corrected chi connectivity index (χ1v) is 5.96. The van der Waals surface area contributed by atoms with Crippen molar-refractivity contribution >= 4 is 17.3 Å². The van der Waals surface area contributed by atoms with E-state index in [9.17, 15) is 4.79 Å². The van der Waals surface area contributed by atoms with Crippen molar-refractivity contribution in [3.63, 3.8) is 0 Å². The van der Waals surface area contributed by atoms with Crippen LogP contribution in [0.3, 0.4) is 0 Å². The Morgan fingerprint density at radius 1 is 1.32 bits per heavy atom. The molecular weight excluding hydrogens is 242 g/mol. The van der Waals surface area contributed by atoms with Gasteiger partial charge in [-0.05, 0) is 31.2 Å². The van der Waals surface area contributed by atoms with Crippen LogP contribution in [-0.2, 0) is 0 Å². The molecule has 0 aliphatic rings. The van der Waals surface area contributed by atoms with E-state index in [0.29, 0.717) is 29.4 Å². The highest BCUT2D eigenvalue weighted by Crippen LogP contribution is 2.22. The van der Waals surface area contributed by atoms with Crippen LogP contribution >= 0.6 is 0 Å². The van der Waals surface area contributed by atoms with Gasteiger partial charge >= 0.3 is 0 Å². The summed E-state index contributed by atoms with van der Waals surface area (Å²) < 4.78 is 5.35. The zero-order valence-corrected chi connectivity index (χ0v) is 10.6. The van der Waals surface area contributed by atoms with Crippen LogP contribution in [0.1, 0.15) is 17.3 Å². The summed E-state index contributed by atoms with van der Waals surface area (Å²) in [6, 6.07) is 10.4. The number of aromatic nitrogens is 1. The number of nitrogens with zero attached hydrogens (tertiary/aromatic N) is 1. The van der Waals surface area contributed by atoms with Gasteiger partial charge in [0.05, 0.1) is 12.2 Å². The monoisotopic (exact) mass is 257 g/mol. The van der Waals surface area contributed by atoms with Crippen molar-refractivity contribution in [1.82, 2.24) is 4.98 Å². The summed E-state index contributed by atoms with van der Waals surface area (Å²) >= 11 is 0. The summed E-state index contributed by atoms with van der Waals surface area (Å²) in [5.41, 5.74) is 7.15. The second-order valence-corrected chi connectivity index (χ2v) is 3.83. The number of carbonyl (C=O) groups excluding carboxylic acids is 1. The minimum atomic E-state index is -0.285. The molecule has 0 atom stereocenters. The molecule has 0 aliphatic carbocycles. The summed E-state index contributed by atoms with van der Waals surface area (Å²) in [5.74, 6) is 0.111. The van der Waals surface area contributed by atoms with Crippen LogP contribution in [0.2, 0.25) is 0 Å². The van der Waals surface area contributed by atoms with Crippen LogP contribution in [-0.4, -0.2) is 17.5 Å². The Balaban J connectivity index is 2.22. The van der Waals surface area contributed by atoms with Gasteiger partial charge in [-0.1, -0.05) is 12.1 Å². The van der Waals surface area contributed by atoms with Gasteiger partial charge in [0.15, 0.2) is 0 Å². The standard InChI is InChI=1S/C14H15N3O2/c1-2-19-14-12(8-5-9-16-14)17-13(18)10-6-3-4-7-11(10)15/h3-9H,2,15H2,1H3,(H,17,18). The fraction of sp³-hybridized carbons (Fsp3) is 0.143. The Hall–Kier alpha value is -2.56. The van der Waals surface area contributed by atoms with Crippen LogP contribution < -0.4 is 15.8 Å². The SMILES string of the molecule is CCOc1ncccc1NC(=O)c1ccccc1N. The number of rotatable bonds is 4. The number of nitrogens with one attached hydrogen (secondary N) is 1. The van der Waals surface area contributed by atoms with Crippen LogP contribution in [0.15, 0.2) is 42.6 Å². The van der Waals surface area contributed by atoms with Gasteiger partial charge in [0, 0.05) is 11.9 Å². The first-order chi connectivity index (χ1) is 9.22. The number of ether oxygens (including phenoxy) is 1. The lowest BCUT2D eigenvalue weighted by Crippen LogP contribution is -2.15. The van der Waals surface area contributed by atoms with Crippen LogP contribution in [0, 0.1) is 0 Å². The number of para-hydroxylation sites is 1. The molecule has 5 nitrogen and oxygen atoms in total. The number of nitrogen functional groups attached to an aromatic ring is 1. The van der Waals surface area contributed by atoms with Crippen molar-refractivity contribution in [3.8, 4) is 5.88 Å². The number of amides is 1. The summed E-state index contributed by atoms with van der Waals surface area (Å²) in [7, 11) is 0. The molecular formula is C14H15N3O2. The quantitative estimate of drug-likeness (QED) is 0.824. The molecule has 0 saturated carbocycles. The highest BCUT2D eigenvalue weighted by atomic mass is 16.5. The number of pyridine rings is 1. The Morgan fingerprint density at radius 2 is 2.11 bits per heavy atom. The lowest BCUT2D eigenvalue weighted by molar-refractivity contribution is 0.102. The fourth-order valence-corrected chi connectivity index (χ4v) is 1.63. The highest BCUT2D eigenvalue weighted by Gasteiger charge is 2.12. The van der Waals surface area contributed by atoms with Crippen molar-refractivity contribution < 1.29 is 9.53 Å². The third kappa shape index (κ3) is 3.01. The van der Waals surface area contributed by atoms with E-state index in [1.165, 1.54) is 0 Å². The normalized spacial score (nSPS) is 9.95. The molecule has 2 aromatic rings. The Morgan fingerprint density at radius 3 is 2.84 bits per heavy atom. The molecule has 5 heteroatoms. The molecule has 0 spiro atoms. The Kier molecular flexibility index (Phi) is 3.97. The molecule has 1 heterocycles. The largest absolute Gasteiger partial charge is 0.476 e. The van der Waals surface area contributed by atoms with E-state index in [4.69, 9.17) is 10.5 Å². The van der Waals surface area contributed by atoms with Crippen LogP contribution in [0.5, 0.6) is 5.88 Å². The predicted octanol–water partition coefficient (Wildman–Crippen LogP) is 2.31. The minimum Gasteiger partial charge on any atom is -0.476 e. The molecule has 0 unspecified atom stereocenters. The first-order valence-electron chi connectivity index (χ1n) is 5.96. The van der Waals surface area contributed by atoms with Gasteiger partial charge < -0.3 is 15.8 Å². The minimum absolute atomic E-state index is 0.285. The van der Waals surface area contributed by atoms with E-state index in [-0.39, 0.29) is 5.91 Å². The molecule has 2 rings (SSSR count). The van der Waals surface area contributed by atoms with Crippen LogP contribution in [0.25, 0.3) is 0 Å². The number of anilines is 2. The molecule has 0 fully saturated rings. The number of carbonyl (C=O) groups is 1. The zero-order valence-electron chi connectivity index (χ0n) is 10.6. The maximum atomic E-state index is 12.1. The van der Waals surface area contributed by atoms with Crippen molar-refractivity contribution in [3.05, 3.63) is 48.2 Å². The highest BCUT2D eigenvalue weighted by molar-refractivity contribution is 6.08. The zero-order chi connectivity index (χ0) is 13.7. The molecule has 1 aromatic carbocycles. The van der Waals surface area contributed by atoms with Crippen molar-refractivity contribution in [2.75, 3.05) is 17.7 Å². The van der Waals surface area contributed by atoms with Crippen molar-refractivity contribution in [2.45, 2.75) is 6.92 Å². The van der Waals surface area contributed by atoms with Gasteiger partial charge in [-0.3, -0.25) is 4.79 Å². The molecule has 0 saturated heterocycles. The van der Waals surface area contributed by atoms with Gasteiger partial charge in [-0.25, -0.2) is 4.98 Å². The maximum absolute atomic E-state index is 12.1.